The number of benzene rings is 1. The fourth-order valence-corrected chi connectivity index (χ4v) is 2.45. The van der Waals surface area contributed by atoms with Gasteiger partial charge in [-0.2, -0.15) is 5.26 Å². The van der Waals surface area contributed by atoms with Gasteiger partial charge in [0, 0.05) is 0 Å². The van der Waals surface area contributed by atoms with Crippen LogP contribution in [0.3, 0.4) is 0 Å². The van der Waals surface area contributed by atoms with Crippen LogP contribution in [0, 0.1) is 11.3 Å². The lowest BCUT2D eigenvalue weighted by Gasteiger charge is -2.13. The third kappa shape index (κ3) is 3.57. The van der Waals surface area contributed by atoms with Crippen molar-refractivity contribution in [2.24, 2.45) is 0 Å². The van der Waals surface area contributed by atoms with E-state index in [1.807, 2.05) is 12.1 Å². The molecule has 0 aliphatic rings. The maximum absolute atomic E-state index is 8.72. The summed E-state index contributed by atoms with van der Waals surface area (Å²) in [6, 6.07) is 5.94. The van der Waals surface area contributed by atoms with Crippen molar-refractivity contribution in [3.8, 4) is 17.6 Å². The van der Waals surface area contributed by atoms with Crippen molar-refractivity contribution in [1.82, 2.24) is 0 Å². The van der Waals surface area contributed by atoms with Crippen LogP contribution in [-0.4, -0.2) is 20.0 Å². The molecule has 1 aromatic rings. The Bertz CT molecular complexity index is 387. The second kappa shape index (κ2) is 7.08. The molecule has 4 heteroatoms. The zero-order chi connectivity index (χ0) is 12.7. The molecule has 0 saturated carbocycles. The van der Waals surface area contributed by atoms with E-state index < -0.39 is 0 Å². The summed E-state index contributed by atoms with van der Waals surface area (Å²) in [6.45, 7) is 2.13. The summed E-state index contributed by atoms with van der Waals surface area (Å²) in [6.07, 6.45) is 1.46. The van der Waals surface area contributed by atoms with Crippen LogP contribution >= 0.6 is 11.8 Å². The Hall–Kier alpha value is -1.34. The van der Waals surface area contributed by atoms with Crippen LogP contribution in [0.2, 0.25) is 0 Å². The number of rotatable bonds is 6. The van der Waals surface area contributed by atoms with E-state index in [4.69, 9.17) is 14.7 Å². The summed E-state index contributed by atoms with van der Waals surface area (Å²) in [5, 5.41) is 8.72. The van der Waals surface area contributed by atoms with Gasteiger partial charge < -0.3 is 9.47 Å². The third-order valence-electron chi connectivity index (χ3n) is 2.25. The minimum atomic E-state index is 0.367. The summed E-state index contributed by atoms with van der Waals surface area (Å²) in [5.41, 5.74) is 0.919. The molecule has 0 amide bonds. The second-order valence-corrected chi connectivity index (χ2v) is 4.62. The molecule has 0 saturated heterocycles. The normalized spacial score (nSPS) is 9.76. The van der Waals surface area contributed by atoms with Gasteiger partial charge in [-0.15, -0.1) is 11.8 Å². The van der Waals surface area contributed by atoms with E-state index in [0.29, 0.717) is 6.42 Å². The molecule has 0 N–H and O–H groups in total. The number of thioether (sulfide) groups is 1. The molecule has 0 bridgehead atoms. The predicted octanol–water partition coefficient (Wildman–Crippen LogP) is 3.27. The highest BCUT2D eigenvalue weighted by Gasteiger charge is 2.12. The van der Waals surface area contributed by atoms with Crippen LogP contribution in [-0.2, 0) is 6.42 Å². The maximum Gasteiger partial charge on any atom is 0.136 e. The molecule has 0 radical (unpaired) electrons. The Morgan fingerprint density at radius 1 is 1.24 bits per heavy atom. The molecule has 3 nitrogen and oxygen atoms in total. The van der Waals surface area contributed by atoms with Crippen molar-refractivity contribution in [1.29, 1.82) is 5.26 Å². The predicted molar refractivity (Wildman–Crippen MR) is 69.9 cm³/mol. The van der Waals surface area contributed by atoms with Gasteiger partial charge in [-0.1, -0.05) is 6.92 Å². The highest BCUT2D eigenvalue weighted by Crippen LogP contribution is 2.39. The Morgan fingerprint density at radius 2 is 1.82 bits per heavy atom. The quantitative estimate of drug-likeness (QED) is 0.728. The van der Waals surface area contributed by atoms with Crippen LogP contribution in [0.15, 0.2) is 17.0 Å². The van der Waals surface area contributed by atoms with E-state index in [1.54, 1.807) is 26.0 Å². The topological polar surface area (TPSA) is 42.2 Å². The van der Waals surface area contributed by atoms with E-state index in [-0.39, 0.29) is 0 Å². The number of nitriles is 1. The SMILES string of the molecule is CCCSc1c(OC)cc(CC#N)cc1OC. The molecule has 0 heterocycles. The molecule has 0 aliphatic carbocycles. The van der Waals surface area contributed by atoms with Crippen LogP contribution in [0.5, 0.6) is 11.5 Å². The molecule has 0 atom stereocenters. The van der Waals surface area contributed by atoms with E-state index in [0.717, 1.165) is 34.1 Å². The zero-order valence-electron chi connectivity index (χ0n) is 10.4. The fourth-order valence-electron chi connectivity index (χ4n) is 1.47. The van der Waals surface area contributed by atoms with Gasteiger partial charge in [0.25, 0.3) is 0 Å². The van der Waals surface area contributed by atoms with Crippen LogP contribution < -0.4 is 9.47 Å². The fraction of sp³-hybridized carbons (Fsp3) is 0.462. The Balaban J connectivity index is 3.12. The summed E-state index contributed by atoms with van der Waals surface area (Å²) in [7, 11) is 3.28. The number of hydrogen-bond donors (Lipinski definition) is 0. The average molecular weight is 251 g/mol. The van der Waals surface area contributed by atoms with Gasteiger partial charge in [-0.05, 0) is 29.9 Å². The average Bonchev–Trinajstić information content (AvgIpc) is 2.36. The van der Waals surface area contributed by atoms with Gasteiger partial charge in [-0.3, -0.25) is 0 Å². The van der Waals surface area contributed by atoms with E-state index >= 15 is 0 Å². The van der Waals surface area contributed by atoms with Gasteiger partial charge in [-0.25, -0.2) is 0 Å². The number of ether oxygens (including phenoxy) is 2. The number of nitrogens with zero attached hydrogens (tertiary/aromatic N) is 1. The molecule has 1 rings (SSSR count). The molecule has 0 aliphatic heterocycles. The number of hydrogen-bond acceptors (Lipinski definition) is 4. The molecule has 0 spiro atoms. The lowest BCUT2D eigenvalue weighted by Crippen LogP contribution is -1.95. The zero-order valence-corrected chi connectivity index (χ0v) is 11.3. The van der Waals surface area contributed by atoms with Crippen molar-refractivity contribution in [3.05, 3.63) is 17.7 Å². The molecule has 1 aromatic carbocycles. The molecule has 0 aromatic heterocycles. The van der Waals surface area contributed by atoms with Gasteiger partial charge in [0.1, 0.15) is 11.5 Å². The Kier molecular flexibility index (Phi) is 5.71. The van der Waals surface area contributed by atoms with Crippen LogP contribution in [0.1, 0.15) is 18.9 Å². The van der Waals surface area contributed by atoms with E-state index in [9.17, 15) is 0 Å². The second-order valence-electron chi connectivity index (χ2n) is 3.51. The maximum atomic E-state index is 8.72. The molecule has 17 heavy (non-hydrogen) atoms. The standard InChI is InChI=1S/C13H17NO2S/c1-4-7-17-13-11(15-2)8-10(5-6-14)9-12(13)16-3/h8-9H,4-5,7H2,1-3H3. The minimum absolute atomic E-state index is 0.367. The van der Waals surface area contributed by atoms with E-state index in [1.165, 1.54) is 0 Å². The van der Waals surface area contributed by atoms with Gasteiger partial charge in [0.2, 0.25) is 0 Å². The molecule has 92 valence electrons. The molecule has 0 unspecified atom stereocenters. The first kappa shape index (κ1) is 13.7. The van der Waals surface area contributed by atoms with Crippen molar-refractivity contribution in [2.45, 2.75) is 24.7 Å². The highest BCUT2D eigenvalue weighted by atomic mass is 32.2. The smallest absolute Gasteiger partial charge is 0.136 e. The van der Waals surface area contributed by atoms with Gasteiger partial charge >= 0.3 is 0 Å². The first-order chi connectivity index (χ1) is 8.26. The molecular weight excluding hydrogens is 234 g/mol. The summed E-state index contributed by atoms with van der Waals surface area (Å²) >= 11 is 1.72. The minimum Gasteiger partial charge on any atom is -0.495 e. The number of methoxy groups -OCH3 is 2. The van der Waals surface area contributed by atoms with Crippen molar-refractivity contribution < 1.29 is 9.47 Å². The lowest BCUT2D eigenvalue weighted by atomic mass is 10.1. The first-order valence-electron chi connectivity index (χ1n) is 5.51. The Morgan fingerprint density at radius 3 is 2.24 bits per heavy atom. The van der Waals surface area contributed by atoms with Crippen molar-refractivity contribution in [2.75, 3.05) is 20.0 Å². The summed E-state index contributed by atoms with van der Waals surface area (Å²) in [5.74, 6) is 2.59. The monoisotopic (exact) mass is 251 g/mol. The van der Waals surface area contributed by atoms with Crippen LogP contribution in [0.25, 0.3) is 0 Å². The summed E-state index contributed by atoms with van der Waals surface area (Å²) < 4.78 is 10.7. The van der Waals surface area contributed by atoms with Gasteiger partial charge in [0.15, 0.2) is 0 Å². The highest BCUT2D eigenvalue weighted by molar-refractivity contribution is 7.99. The van der Waals surface area contributed by atoms with E-state index in [2.05, 4.69) is 13.0 Å². The van der Waals surface area contributed by atoms with Crippen molar-refractivity contribution >= 4 is 11.8 Å². The Labute approximate surface area is 107 Å². The third-order valence-corrected chi connectivity index (χ3v) is 3.56. The van der Waals surface area contributed by atoms with Gasteiger partial charge in [0.05, 0.1) is 31.6 Å². The molecule has 0 fully saturated rings. The summed E-state index contributed by atoms with van der Waals surface area (Å²) in [4.78, 5) is 1.01. The first-order valence-corrected chi connectivity index (χ1v) is 6.50. The lowest BCUT2D eigenvalue weighted by molar-refractivity contribution is 0.376. The van der Waals surface area contributed by atoms with Crippen molar-refractivity contribution in [3.63, 3.8) is 0 Å². The van der Waals surface area contributed by atoms with Crippen LogP contribution in [0.4, 0.5) is 0 Å². The molecular formula is C13H17NO2S. The largest absolute Gasteiger partial charge is 0.495 e.